The zero-order chi connectivity index (χ0) is 25.0. The van der Waals surface area contributed by atoms with Gasteiger partial charge in [0.25, 0.3) is 0 Å². The van der Waals surface area contributed by atoms with Crippen molar-refractivity contribution in [3.05, 3.63) is 35.9 Å². The smallest absolute Gasteiger partial charge is 0.408 e. The number of ether oxygens (including phenoxy) is 3. The normalized spacial score (nSPS) is 15.0. The van der Waals surface area contributed by atoms with E-state index in [2.05, 4.69) is 10.6 Å². The van der Waals surface area contributed by atoms with Crippen LogP contribution < -0.4 is 10.6 Å². The summed E-state index contributed by atoms with van der Waals surface area (Å²) in [6.45, 7) is 4.82. The average molecular weight is 477 g/mol. The third kappa shape index (κ3) is 11.2. The lowest BCUT2D eigenvalue weighted by atomic mass is 9.98. The SMILES string of the molecule is CC(C)(C)OC(=O)N[C@@H](CCC(=O)OC1CCCCC1)C(=O)NCC(=O)OCc1ccccc1. The van der Waals surface area contributed by atoms with Crippen LogP contribution in [0.2, 0.25) is 0 Å². The van der Waals surface area contributed by atoms with Crippen molar-refractivity contribution >= 4 is 23.9 Å². The Bertz CT molecular complexity index is 814. The zero-order valence-corrected chi connectivity index (χ0v) is 20.3. The Labute approximate surface area is 200 Å². The quantitative estimate of drug-likeness (QED) is 0.392. The van der Waals surface area contributed by atoms with Crippen molar-refractivity contribution in [2.75, 3.05) is 6.54 Å². The van der Waals surface area contributed by atoms with Crippen LogP contribution in [0, 0.1) is 0 Å². The van der Waals surface area contributed by atoms with Gasteiger partial charge in [-0.25, -0.2) is 4.79 Å². The predicted molar refractivity (Wildman–Crippen MR) is 125 cm³/mol. The van der Waals surface area contributed by atoms with E-state index in [0.29, 0.717) is 0 Å². The van der Waals surface area contributed by atoms with E-state index in [9.17, 15) is 19.2 Å². The summed E-state index contributed by atoms with van der Waals surface area (Å²) in [5, 5.41) is 4.94. The molecule has 1 fully saturated rings. The maximum atomic E-state index is 12.7. The topological polar surface area (TPSA) is 120 Å². The van der Waals surface area contributed by atoms with Crippen LogP contribution in [0.4, 0.5) is 4.79 Å². The molecular weight excluding hydrogens is 440 g/mol. The molecule has 188 valence electrons. The largest absolute Gasteiger partial charge is 0.462 e. The second-order valence-corrected chi connectivity index (χ2v) is 9.35. The summed E-state index contributed by atoms with van der Waals surface area (Å²) >= 11 is 0. The third-order valence-corrected chi connectivity index (χ3v) is 5.14. The Morgan fingerprint density at radius 1 is 1.00 bits per heavy atom. The van der Waals surface area contributed by atoms with Gasteiger partial charge in [-0.15, -0.1) is 0 Å². The highest BCUT2D eigenvalue weighted by atomic mass is 16.6. The van der Waals surface area contributed by atoms with Crippen LogP contribution in [0.5, 0.6) is 0 Å². The van der Waals surface area contributed by atoms with Gasteiger partial charge in [0.1, 0.15) is 30.9 Å². The Morgan fingerprint density at radius 3 is 2.32 bits per heavy atom. The van der Waals surface area contributed by atoms with Gasteiger partial charge >= 0.3 is 18.0 Å². The number of amides is 2. The van der Waals surface area contributed by atoms with Crippen molar-refractivity contribution in [1.82, 2.24) is 10.6 Å². The molecule has 1 aromatic rings. The fourth-order valence-corrected chi connectivity index (χ4v) is 3.48. The number of carbonyl (C=O) groups is 4. The number of alkyl carbamates (subject to hydrolysis) is 1. The molecule has 1 saturated carbocycles. The Kier molecular flexibility index (Phi) is 10.8. The minimum Gasteiger partial charge on any atom is -0.462 e. The van der Waals surface area contributed by atoms with Gasteiger partial charge in [-0.05, 0) is 58.4 Å². The van der Waals surface area contributed by atoms with Gasteiger partial charge in [0.15, 0.2) is 0 Å². The van der Waals surface area contributed by atoms with Gasteiger partial charge in [-0.1, -0.05) is 36.8 Å². The molecule has 9 heteroatoms. The minimum absolute atomic E-state index is 0.00962. The van der Waals surface area contributed by atoms with E-state index < -0.39 is 35.6 Å². The Morgan fingerprint density at radius 2 is 1.68 bits per heavy atom. The lowest BCUT2D eigenvalue weighted by molar-refractivity contribution is -0.151. The molecule has 1 aliphatic carbocycles. The standard InChI is InChI=1S/C25H36N2O7/c1-25(2,3)34-24(31)27-20(14-15-21(28)33-19-12-8-5-9-13-19)23(30)26-16-22(29)32-17-18-10-6-4-7-11-18/h4,6-7,10-11,19-20H,5,8-9,12-17H2,1-3H3,(H,26,30)(H,27,31)/t20-/m0/s1. The summed E-state index contributed by atoms with van der Waals surface area (Å²) in [6.07, 6.45) is 3.97. The van der Waals surface area contributed by atoms with E-state index >= 15 is 0 Å². The second-order valence-electron chi connectivity index (χ2n) is 9.35. The van der Waals surface area contributed by atoms with E-state index in [1.807, 2.05) is 30.3 Å². The monoisotopic (exact) mass is 476 g/mol. The molecule has 2 N–H and O–H groups in total. The summed E-state index contributed by atoms with van der Waals surface area (Å²) < 4.78 is 15.9. The molecule has 1 atom stereocenters. The summed E-state index contributed by atoms with van der Waals surface area (Å²) in [5.74, 6) is -1.66. The molecule has 0 aliphatic heterocycles. The first kappa shape index (κ1) is 27.1. The fraction of sp³-hybridized carbons (Fsp3) is 0.600. The molecule has 9 nitrogen and oxygen atoms in total. The van der Waals surface area contributed by atoms with Crippen LogP contribution in [-0.2, 0) is 35.2 Å². The molecule has 34 heavy (non-hydrogen) atoms. The number of hydrogen-bond donors (Lipinski definition) is 2. The first-order valence-electron chi connectivity index (χ1n) is 11.8. The van der Waals surface area contributed by atoms with Crippen LogP contribution in [0.15, 0.2) is 30.3 Å². The molecule has 0 bridgehead atoms. The number of carbonyl (C=O) groups excluding carboxylic acids is 4. The molecule has 1 aromatic carbocycles. The number of rotatable bonds is 10. The molecule has 1 aliphatic rings. The van der Waals surface area contributed by atoms with Crippen molar-refractivity contribution < 1.29 is 33.4 Å². The second kappa shape index (κ2) is 13.6. The van der Waals surface area contributed by atoms with Gasteiger partial charge in [-0.2, -0.15) is 0 Å². The fourth-order valence-electron chi connectivity index (χ4n) is 3.48. The van der Waals surface area contributed by atoms with Gasteiger partial charge < -0.3 is 24.8 Å². The predicted octanol–water partition coefficient (Wildman–Crippen LogP) is 3.40. The molecular formula is C25H36N2O7. The van der Waals surface area contributed by atoms with Crippen molar-refractivity contribution in [1.29, 1.82) is 0 Å². The molecule has 0 radical (unpaired) electrons. The maximum absolute atomic E-state index is 12.7. The summed E-state index contributed by atoms with van der Waals surface area (Å²) in [5.41, 5.74) is 0.0647. The van der Waals surface area contributed by atoms with E-state index in [4.69, 9.17) is 14.2 Å². The zero-order valence-electron chi connectivity index (χ0n) is 20.3. The molecule has 0 saturated heterocycles. The third-order valence-electron chi connectivity index (χ3n) is 5.14. The van der Waals surface area contributed by atoms with Crippen molar-refractivity contribution in [3.63, 3.8) is 0 Å². The van der Waals surface area contributed by atoms with Crippen LogP contribution in [0.3, 0.4) is 0 Å². The molecule has 2 amide bonds. The van der Waals surface area contributed by atoms with Crippen molar-refractivity contribution in [3.8, 4) is 0 Å². The molecule has 0 unspecified atom stereocenters. The van der Waals surface area contributed by atoms with E-state index in [0.717, 1.165) is 37.7 Å². The molecule has 0 heterocycles. The summed E-state index contributed by atoms with van der Waals surface area (Å²) in [6, 6.07) is 8.08. The summed E-state index contributed by atoms with van der Waals surface area (Å²) in [7, 11) is 0. The van der Waals surface area contributed by atoms with Crippen molar-refractivity contribution in [2.45, 2.75) is 90.1 Å². The number of nitrogens with one attached hydrogen (secondary N) is 2. The Balaban J connectivity index is 1.85. The van der Waals surface area contributed by atoms with Crippen LogP contribution in [0.25, 0.3) is 0 Å². The van der Waals surface area contributed by atoms with Gasteiger partial charge in [0, 0.05) is 6.42 Å². The highest BCUT2D eigenvalue weighted by molar-refractivity contribution is 5.88. The highest BCUT2D eigenvalue weighted by Crippen LogP contribution is 2.21. The van der Waals surface area contributed by atoms with Crippen LogP contribution >= 0.6 is 0 Å². The first-order chi connectivity index (χ1) is 16.1. The van der Waals surface area contributed by atoms with E-state index in [-0.39, 0.29) is 32.1 Å². The number of benzene rings is 1. The van der Waals surface area contributed by atoms with Gasteiger partial charge in [0.05, 0.1) is 0 Å². The lowest BCUT2D eigenvalue weighted by Gasteiger charge is -2.24. The van der Waals surface area contributed by atoms with E-state index in [1.165, 1.54) is 0 Å². The molecule has 0 spiro atoms. The summed E-state index contributed by atoms with van der Waals surface area (Å²) in [4.78, 5) is 49.2. The number of hydrogen-bond acceptors (Lipinski definition) is 7. The first-order valence-corrected chi connectivity index (χ1v) is 11.8. The number of esters is 2. The Hall–Kier alpha value is -3.10. The van der Waals surface area contributed by atoms with E-state index in [1.54, 1.807) is 20.8 Å². The average Bonchev–Trinajstić information content (AvgIpc) is 2.79. The lowest BCUT2D eigenvalue weighted by Crippen LogP contribution is -2.49. The van der Waals surface area contributed by atoms with Crippen LogP contribution in [0.1, 0.15) is 71.3 Å². The van der Waals surface area contributed by atoms with Gasteiger partial charge in [-0.3, -0.25) is 14.4 Å². The van der Waals surface area contributed by atoms with Crippen LogP contribution in [-0.4, -0.2) is 48.2 Å². The van der Waals surface area contributed by atoms with Crippen molar-refractivity contribution in [2.24, 2.45) is 0 Å². The molecule has 2 rings (SSSR count). The molecule has 0 aromatic heterocycles. The van der Waals surface area contributed by atoms with Gasteiger partial charge in [0.2, 0.25) is 5.91 Å². The highest BCUT2D eigenvalue weighted by Gasteiger charge is 2.26. The maximum Gasteiger partial charge on any atom is 0.408 e. The minimum atomic E-state index is -1.07.